The van der Waals surface area contributed by atoms with Crippen molar-refractivity contribution in [2.24, 2.45) is 0 Å². The standard InChI is InChI=1S/C9H16N2O2/c1-8-4-5-10-11(8)6-7-13-9(2)12-3/h4-5,9H,6-7H2,1-3H3. The summed E-state index contributed by atoms with van der Waals surface area (Å²) >= 11 is 0. The molecule has 0 fully saturated rings. The maximum Gasteiger partial charge on any atom is 0.154 e. The number of methoxy groups -OCH3 is 1. The number of hydrogen-bond acceptors (Lipinski definition) is 3. The highest BCUT2D eigenvalue weighted by Crippen LogP contribution is 1.97. The van der Waals surface area contributed by atoms with Gasteiger partial charge in [0.25, 0.3) is 0 Å². The Morgan fingerprint density at radius 3 is 2.92 bits per heavy atom. The first-order chi connectivity index (χ1) is 6.24. The van der Waals surface area contributed by atoms with Gasteiger partial charge < -0.3 is 9.47 Å². The molecule has 0 aliphatic heterocycles. The smallest absolute Gasteiger partial charge is 0.154 e. The molecule has 0 saturated carbocycles. The van der Waals surface area contributed by atoms with Crippen LogP contribution in [0.1, 0.15) is 12.6 Å². The van der Waals surface area contributed by atoms with Crippen molar-refractivity contribution in [1.82, 2.24) is 9.78 Å². The molecule has 0 spiro atoms. The Morgan fingerprint density at radius 2 is 2.38 bits per heavy atom. The third-order valence-corrected chi connectivity index (χ3v) is 1.92. The van der Waals surface area contributed by atoms with Gasteiger partial charge in [0.15, 0.2) is 6.29 Å². The summed E-state index contributed by atoms with van der Waals surface area (Å²) in [6, 6.07) is 1.97. The van der Waals surface area contributed by atoms with Crippen molar-refractivity contribution in [2.45, 2.75) is 26.7 Å². The van der Waals surface area contributed by atoms with Crippen LogP contribution in [0.3, 0.4) is 0 Å². The molecule has 13 heavy (non-hydrogen) atoms. The van der Waals surface area contributed by atoms with Crippen LogP contribution in [-0.2, 0) is 16.0 Å². The monoisotopic (exact) mass is 184 g/mol. The first-order valence-corrected chi connectivity index (χ1v) is 4.37. The second kappa shape index (κ2) is 4.99. The number of ether oxygens (including phenoxy) is 2. The Labute approximate surface area is 78.5 Å². The van der Waals surface area contributed by atoms with Crippen molar-refractivity contribution in [3.05, 3.63) is 18.0 Å². The molecule has 1 atom stereocenters. The van der Waals surface area contributed by atoms with E-state index in [4.69, 9.17) is 9.47 Å². The molecule has 4 nitrogen and oxygen atoms in total. The van der Waals surface area contributed by atoms with E-state index in [2.05, 4.69) is 5.10 Å². The minimum Gasteiger partial charge on any atom is -0.356 e. The summed E-state index contributed by atoms with van der Waals surface area (Å²) in [6.45, 7) is 5.28. The fourth-order valence-electron chi connectivity index (χ4n) is 1.01. The molecule has 0 amide bonds. The Bertz CT molecular complexity index is 248. The Balaban J connectivity index is 2.24. The van der Waals surface area contributed by atoms with Gasteiger partial charge in [-0.2, -0.15) is 5.10 Å². The zero-order chi connectivity index (χ0) is 9.68. The minimum absolute atomic E-state index is 0.143. The first kappa shape index (κ1) is 10.2. The van der Waals surface area contributed by atoms with Crippen molar-refractivity contribution < 1.29 is 9.47 Å². The van der Waals surface area contributed by atoms with E-state index in [0.29, 0.717) is 6.61 Å². The van der Waals surface area contributed by atoms with E-state index in [1.807, 2.05) is 24.6 Å². The number of hydrogen-bond donors (Lipinski definition) is 0. The lowest BCUT2D eigenvalue weighted by Gasteiger charge is -2.11. The molecule has 4 heteroatoms. The second-order valence-corrected chi connectivity index (χ2v) is 2.87. The number of rotatable bonds is 5. The Morgan fingerprint density at radius 1 is 1.62 bits per heavy atom. The van der Waals surface area contributed by atoms with Gasteiger partial charge in [0.05, 0.1) is 13.2 Å². The van der Waals surface area contributed by atoms with E-state index in [9.17, 15) is 0 Å². The summed E-state index contributed by atoms with van der Waals surface area (Å²) in [4.78, 5) is 0. The van der Waals surface area contributed by atoms with Crippen LogP contribution in [0.5, 0.6) is 0 Å². The lowest BCUT2D eigenvalue weighted by molar-refractivity contribution is -0.113. The quantitative estimate of drug-likeness (QED) is 0.645. The van der Waals surface area contributed by atoms with E-state index in [1.54, 1.807) is 13.3 Å². The minimum atomic E-state index is -0.143. The normalized spacial score (nSPS) is 13.2. The molecule has 1 aromatic rings. The number of aromatic nitrogens is 2. The molecule has 1 unspecified atom stereocenters. The van der Waals surface area contributed by atoms with Gasteiger partial charge in [-0.25, -0.2) is 0 Å². The summed E-state index contributed by atoms with van der Waals surface area (Å²) < 4.78 is 12.2. The highest BCUT2D eigenvalue weighted by Gasteiger charge is 2.00. The van der Waals surface area contributed by atoms with Crippen LogP contribution in [0, 0.1) is 6.92 Å². The number of aryl methyl sites for hydroxylation is 1. The largest absolute Gasteiger partial charge is 0.356 e. The van der Waals surface area contributed by atoms with Gasteiger partial charge >= 0.3 is 0 Å². The lowest BCUT2D eigenvalue weighted by atomic mass is 10.5. The van der Waals surface area contributed by atoms with Crippen LogP contribution in [0.2, 0.25) is 0 Å². The molecule has 1 aromatic heterocycles. The predicted molar refractivity (Wildman–Crippen MR) is 49.4 cm³/mol. The van der Waals surface area contributed by atoms with Gasteiger partial charge in [0, 0.05) is 19.0 Å². The SMILES string of the molecule is COC(C)OCCn1nccc1C. The molecule has 1 rings (SSSR count). The zero-order valence-corrected chi connectivity index (χ0v) is 8.36. The highest BCUT2D eigenvalue weighted by molar-refractivity contribution is 4.96. The van der Waals surface area contributed by atoms with E-state index in [1.165, 1.54) is 0 Å². The van der Waals surface area contributed by atoms with Crippen molar-refractivity contribution in [1.29, 1.82) is 0 Å². The summed E-state index contributed by atoms with van der Waals surface area (Å²) in [5.74, 6) is 0. The maximum atomic E-state index is 5.34. The molecular formula is C9H16N2O2. The molecule has 0 aliphatic carbocycles. The molecule has 1 heterocycles. The molecule has 0 saturated heterocycles. The topological polar surface area (TPSA) is 36.3 Å². The molecule has 0 radical (unpaired) electrons. The third kappa shape index (κ3) is 3.16. The summed E-state index contributed by atoms with van der Waals surface area (Å²) in [5, 5.41) is 4.13. The fraction of sp³-hybridized carbons (Fsp3) is 0.667. The zero-order valence-electron chi connectivity index (χ0n) is 8.36. The fourth-order valence-corrected chi connectivity index (χ4v) is 1.01. The Kier molecular flexibility index (Phi) is 3.92. The highest BCUT2D eigenvalue weighted by atomic mass is 16.7. The average molecular weight is 184 g/mol. The summed E-state index contributed by atoms with van der Waals surface area (Å²) in [5.41, 5.74) is 1.15. The molecular weight excluding hydrogens is 168 g/mol. The first-order valence-electron chi connectivity index (χ1n) is 4.37. The van der Waals surface area contributed by atoms with Gasteiger partial charge in [-0.1, -0.05) is 0 Å². The Hall–Kier alpha value is -0.870. The molecule has 0 aliphatic rings. The van der Waals surface area contributed by atoms with Crippen LogP contribution in [0.4, 0.5) is 0 Å². The molecule has 0 aromatic carbocycles. The van der Waals surface area contributed by atoms with Crippen molar-refractivity contribution in [3.8, 4) is 0 Å². The van der Waals surface area contributed by atoms with Gasteiger partial charge in [-0.05, 0) is 19.9 Å². The molecule has 74 valence electrons. The van der Waals surface area contributed by atoms with Crippen LogP contribution in [0.25, 0.3) is 0 Å². The van der Waals surface area contributed by atoms with E-state index in [0.717, 1.165) is 12.2 Å². The van der Waals surface area contributed by atoms with Crippen LogP contribution in [0.15, 0.2) is 12.3 Å². The molecule has 0 bridgehead atoms. The van der Waals surface area contributed by atoms with E-state index >= 15 is 0 Å². The second-order valence-electron chi connectivity index (χ2n) is 2.87. The van der Waals surface area contributed by atoms with E-state index in [-0.39, 0.29) is 6.29 Å². The van der Waals surface area contributed by atoms with Crippen molar-refractivity contribution in [3.63, 3.8) is 0 Å². The van der Waals surface area contributed by atoms with Gasteiger partial charge in [-0.3, -0.25) is 4.68 Å². The average Bonchev–Trinajstić information content (AvgIpc) is 2.52. The molecule has 0 N–H and O–H groups in total. The van der Waals surface area contributed by atoms with E-state index < -0.39 is 0 Å². The van der Waals surface area contributed by atoms with Crippen LogP contribution >= 0.6 is 0 Å². The van der Waals surface area contributed by atoms with Gasteiger partial charge in [-0.15, -0.1) is 0 Å². The third-order valence-electron chi connectivity index (χ3n) is 1.92. The summed E-state index contributed by atoms with van der Waals surface area (Å²) in [7, 11) is 1.63. The van der Waals surface area contributed by atoms with Gasteiger partial charge in [0.2, 0.25) is 0 Å². The number of nitrogens with zero attached hydrogens (tertiary/aromatic N) is 2. The van der Waals surface area contributed by atoms with Crippen molar-refractivity contribution >= 4 is 0 Å². The van der Waals surface area contributed by atoms with Crippen molar-refractivity contribution in [2.75, 3.05) is 13.7 Å². The predicted octanol–water partition coefficient (Wildman–Crippen LogP) is 1.20. The maximum absolute atomic E-state index is 5.34. The lowest BCUT2D eigenvalue weighted by Crippen LogP contribution is -2.15. The van der Waals surface area contributed by atoms with Gasteiger partial charge in [0.1, 0.15) is 0 Å². The summed E-state index contributed by atoms with van der Waals surface area (Å²) in [6.07, 6.45) is 1.64. The van der Waals surface area contributed by atoms with Crippen LogP contribution < -0.4 is 0 Å². The van der Waals surface area contributed by atoms with Crippen LogP contribution in [-0.4, -0.2) is 29.8 Å².